The molecule has 1 N–H and O–H groups in total. The van der Waals surface area contributed by atoms with Crippen molar-refractivity contribution in [1.82, 2.24) is 4.98 Å². The molecule has 1 aliphatic rings. The van der Waals surface area contributed by atoms with Gasteiger partial charge in [0.1, 0.15) is 0 Å². The van der Waals surface area contributed by atoms with Gasteiger partial charge >= 0.3 is 0 Å². The molecule has 1 saturated heterocycles. The highest BCUT2D eigenvalue weighted by Gasteiger charge is 2.36. The van der Waals surface area contributed by atoms with E-state index in [9.17, 15) is 0 Å². The standard InChI is InChI=1S/C16H20N2O2S/c1-20-16(13-5-3-2-4-6-13)7-9-18(10-8-16)15-17-14(11-19)12-21-15/h2-6,12,19H,7-11H2,1H3. The van der Waals surface area contributed by atoms with Crippen molar-refractivity contribution >= 4 is 16.5 Å². The van der Waals surface area contributed by atoms with Crippen LogP contribution in [0.2, 0.25) is 0 Å². The molecule has 1 aromatic heterocycles. The van der Waals surface area contributed by atoms with Gasteiger partial charge in [-0.05, 0) is 18.4 Å². The van der Waals surface area contributed by atoms with Crippen LogP contribution in [0.1, 0.15) is 24.1 Å². The fourth-order valence-electron chi connectivity index (χ4n) is 2.93. The summed E-state index contributed by atoms with van der Waals surface area (Å²) >= 11 is 1.60. The fourth-order valence-corrected chi connectivity index (χ4v) is 3.80. The van der Waals surface area contributed by atoms with Gasteiger partial charge in [0.25, 0.3) is 0 Å². The SMILES string of the molecule is COC1(c2ccccc2)CCN(c2nc(CO)cs2)CC1. The van der Waals surface area contributed by atoms with Gasteiger partial charge in [-0.2, -0.15) is 0 Å². The minimum absolute atomic E-state index is 0.0103. The Labute approximate surface area is 129 Å². The van der Waals surface area contributed by atoms with Crippen LogP contribution in [-0.2, 0) is 16.9 Å². The highest BCUT2D eigenvalue weighted by atomic mass is 32.1. The lowest BCUT2D eigenvalue weighted by Gasteiger charge is -2.41. The fraction of sp³-hybridized carbons (Fsp3) is 0.438. The van der Waals surface area contributed by atoms with E-state index in [2.05, 4.69) is 34.1 Å². The van der Waals surface area contributed by atoms with Crippen molar-refractivity contribution in [3.8, 4) is 0 Å². The number of thiazole rings is 1. The van der Waals surface area contributed by atoms with Crippen LogP contribution < -0.4 is 4.90 Å². The summed E-state index contributed by atoms with van der Waals surface area (Å²) < 4.78 is 5.89. The minimum Gasteiger partial charge on any atom is -0.390 e. The first-order valence-corrected chi connectivity index (χ1v) is 8.06. The number of aromatic nitrogens is 1. The molecule has 2 heterocycles. The van der Waals surface area contributed by atoms with E-state index in [-0.39, 0.29) is 12.2 Å². The molecule has 0 bridgehead atoms. The molecule has 0 spiro atoms. The van der Waals surface area contributed by atoms with E-state index >= 15 is 0 Å². The summed E-state index contributed by atoms with van der Waals surface area (Å²) in [6.07, 6.45) is 1.89. The first-order valence-electron chi connectivity index (χ1n) is 7.18. The van der Waals surface area contributed by atoms with Crippen LogP contribution in [0.4, 0.5) is 5.13 Å². The molecule has 0 amide bonds. The number of benzene rings is 1. The van der Waals surface area contributed by atoms with Gasteiger partial charge in [-0.3, -0.25) is 0 Å². The Hall–Kier alpha value is -1.43. The van der Waals surface area contributed by atoms with Crippen molar-refractivity contribution < 1.29 is 9.84 Å². The number of rotatable bonds is 4. The van der Waals surface area contributed by atoms with Gasteiger partial charge in [-0.25, -0.2) is 4.98 Å². The van der Waals surface area contributed by atoms with Gasteiger partial charge in [0.15, 0.2) is 5.13 Å². The number of nitrogens with zero attached hydrogens (tertiary/aromatic N) is 2. The largest absolute Gasteiger partial charge is 0.390 e. The van der Waals surface area contributed by atoms with Crippen LogP contribution in [0.25, 0.3) is 0 Å². The number of hydrogen-bond acceptors (Lipinski definition) is 5. The van der Waals surface area contributed by atoms with Crippen LogP contribution in [0.5, 0.6) is 0 Å². The molecule has 0 atom stereocenters. The number of aliphatic hydroxyl groups is 1. The maximum atomic E-state index is 9.12. The lowest BCUT2D eigenvalue weighted by Crippen LogP contribution is -2.43. The predicted molar refractivity (Wildman–Crippen MR) is 84.6 cm³/mol. The summed E-state index contributed by atoms with van der Waals surface area (Å²) in [5.41, 5.74) is 1.82. The maximum Gasteiger partial charge on any atom is 0.185 e. The normalized spacial score (nSPS) is 17.9. The molecule has 1 aromatic carbocycles. The summed E-state index contributed by atoms with van der Waals surface area (Å²) in [5.74, 6) is 0. The van der Waals surface area contributed by atoms with E-state index in [1.54, 1.807) is 18.4 Å². The molecule has 0 radical (unpaired) electrons. The van der Waals surface area contributed by atoms with Crippen LogP contribution >= 0.6 is 11.3 Å². The summed E-state index contributed by atoms with van der Waals surface area (Å²) in [4.78, 5) is 6.73. The van der Waals surface area contributed by atoms with Crippen molar-refractivity contribution in [3.63, 3.8) is 0 Å². The van der Waals surface area contributed by atoms with E-state index in [1.807, 2.05) is 11.4 Å². The van der Waals surface area contributed by atoms with Crippen LogP contribution in [0.3, 0.4) is 0 Å². The molecule has 2 aromatic rings. The van der Waals surface area contributed by atoms with Crippen molar-refractivity contribution in [2.75, 3.05) is 25.1 Å². The topological polar surface area (TPSA) is 45.6 Å². The monoisotopic (exact) mass is 304 g/mol. The third-order valence-electron chi connectivity index (χ3n) is 4.23. The Balaban J connectivity index is 1.74. The van der Waals surface area contributed by atoms with Crippen LogP contribution in [-0.4, -0.2) is 30.3 Å². The quantitative estimate of drug-likeness (QED) is 0.943. The first-order chi connectivity index (χ1) is 10.3. The molecule has 0 saturated carbocycles. The van der Waals surface area contributed by atoms with Crippen molar-refractivity contribution in [3.05, 3.63) is 47.0 Å². The Morgan fingerprint density at radius 3 is 2.57 bits per heavy atom. The van der Waals surface area contributed by atoms with Crippen molar-refractivity contribution in [1.29, 1.82) is 0 Å². The molecule has 3 rings (SSSR count). The smallest absolute Gasteiger partial charge is 0.185 e. The van der Waals surface area contributed by atoms with Gasteiger partial charge < -0.3 is 14.7 Å². The van der Waals surface area contributed by atoms with E-state index in [0.717, 1.165) is 36.8 Å². The zero-order valence-corrected chi connectivity index (χ0v) is 13.0. The second kappa shape index (κ2) is 6.13. The third-order valence-corrected chi connectivity index (χ3v) is 5.18. The van der Waals surface area contributed by atoms with Crippen LogP contribution in [0.15, 0.2) is 35.7 Å². The second-order valence-corrected chi connectivity index (χ2v) is 6.17. The number of hydrogen-bond donors (Lipinski definition) is 1. The van der Waals surface area contributed by atoms with E-state index < -0.39 is 0 Å². The molecular weight excluding hydrogens is 284 g/mol. The van der Waals surface area contributed by atoms with E-state index in [1.165, 1.54) is 5.56 Å². The summed E-state index contributed by atoms with van der Waals surface area (Å²) in [7, 11) is 1.80. The molecule has 0 unspecified atom stereocenters. The zero-order chi connectivity index (χ0) is 14.7. The summed E-state index contributed by atoms with van der Waals surface area (Å²) in [5, 5.41) is 12.0. The summed E-state index contributed by atoms with van der Waals surface area (Å²) in [6, 6.07) is 10.5. The molecular formula is C16H20N2O2S. The van der Waals surface area contributed by atoms with E-state index in [0.29, 0.717) is 0 Å². The highest BCUT2D eigenvalue weighted by Crippen LogP contribution is 2.37. The van der Waals surface area contributed by atoms with Gasteiger partial charge in [-0.1, -0.05) is 30.3 Å². The number of piperidine rings is 1. The molecule has 1 aliphatic heterocycles. The zero-order valence-electron chi connectivity index (χ0n) is 12.2. The lowest BCUT2D eigenvalue weighted by molar-refractivity contribution is -0.0346. The average molecular weight is 304 g/mol. The molecule has 1 fully saturated rings. The second-order valence-electron chi connectivity index (χ2n) is 5.33. The average Bonchev–Trinajstić information content (AvgIpc) is 3.05. The number of ether oxygens (including phenoxy) is 1. The Morgan fingerprint density at radius 1 is 1.29 bits per heavy atom. The number of methoxy groups -OCH3 is 1. The Kier molecular flexibility index (Phi) is 4.24. The molecule has 0 aliphatic carbocycles. The van der Waals surface area contributed by atoms with Gasteiger partial charge in [0, 0.05) is 25.6 Å². The molecule has 4 nitrogen and oxygen atoms in total. The van der Waals surface area contributed by atoms with Crippen LogP contribution in [0, 0.1) is 0 Å². The van der Waals surface area contributed by atoms with Crippen molar-refractivity contribution in [2.24, 2.45) is 0 Å². The molecule has 21 heavy (non-hydrogen) atoms. The van der Waals surface area contributed by atoms with E-state index in [4.69, 9.17) is 9.84 Å². The maximum absolute atomic E-state index is 9.12. The summed E-state index contributed by atoms with van der Waals surface area (Å²) in [6.45, 7) is 1.85. The minimum atomic E-state index is -0.186. The predicted octanol–water partition coefficient (Wildman–Crippen LogP) is 2.78. The Morgan fingerprint density at radius 2 is 2.00 bits per heavy atom. The van der Waals surface area contributed by atoms with Gasteiger partial charge in [0.05, 0.1) is 17.9 Å². The molecule has 112 valence electrons. The lowest BCUT2D eigenvalue weighted by atomic mass is 9.84. The number of anilines is 1. The third kappa shape index (κ3) is 2.81. The number of aliphatic hydroxyl groups excluding tert-OH is 1. The first kappa shape index (κ1) is 14.5. The van der Waals surface area contributed by atoms with Gasteiger partial charge in [-0.15, -0.1) is 11.3 Å². The Bertz CT molecular complexity index is 577. The molecule has 5 heteroatoms. The van der Waals surface area contributed by atoms with Crippen molar-refractivity contribution in [2.45, 2.75) is 25.0 Å². The van der Waals surface area contributed by atoms with Gasteiger partial charge in [0.2, 0.25) is 0 Å². The highest BCUT2D eigenvalue weighted by molar-refractivity contribution is 7.13.